The smallest absolute Gasteiger partial charge is 0.0978 e. The monoisotopic (exact) mass is 241 g/mol. The van der Waals surface area contributed by atoms with Crippen LogP contribution >= 0.6 is 15.9 Å². The number of pyridine rings is 1. The van der Waals surface area contributed by atoms with Crippen molar-refractivity contribution in [2.24, 2.45) is 0 Å². The molecule has 0 aliphatic carbocycles. The summed E-state index contributed by atoms with van der Waals surface area (Å²) in [4.78, 5) is 5.93. The zero-order valence-corrected chi connectivity index (χ0v) is 9.30. The van der Waals surface area contributed by atoms with Crippen molar-refractivity contribution in [2.75, 3.05) is 19.4 Å². The molecule has 0 saturated carbocycles. The van der Waals surface area contributed by atoms with Crippen LogP contribution in [-0.4, -0.2) is 24.0 Å². The van der Waals surface area contributed by atoms with Gasteiger partial charge in [-0.2, -0.15) is 0 Å². The molecule has 0 saturated heterocycles. The van der Waals surface area contributed by atoms with Gasteiger partial charge in [0, 0.05) is 24.8 Å². The first-order valence-corrected chi connectivity index (χ1v) is 4.62. The number of hydrogen-bond acceptors (Lipinski definition) is 3. The fourth-order valence-corrected chi connectivity index (χ4v) is 1.12. The van der Waals surface area contributed by atoms with Crippen LogP contribution in [0.25, 0.3) is 0 Å². The molecule has 0 unspecified atom stereocenters. The Labute approximate surface area is 86.6 Å². The van der Waals surface area contributed by atoms with Crippen LogP contribution in [0.15, 0.2) is 35.3 Å². The number of halogens is 1. The molecule has 0 bridgehead atoms. The molecule has 0 aliphatic rings. The summed E-state index contributed by atoms with van der Waals surface area (Å²) in [5, 5.41) is 3.12. The number of anilines is 1. The quantitative estimate of drug-likeness (QED) is 0.881. The summed E-state index contributed by atoms with van der Waals surface area (Å²) in [5.41, 5.74) is 0.924. The molecule has 0 radical (unpaired) electrons. The summed E-state index contributed by atoms with van der Waals surface area (Å²) in [6.45, 7) is 3.85. The number of rotatable bonds is 3. The molecule has 0 atom stereocenters. The van der Waals surface area contributed by atoms with Crippen LogP contribution in [0.3, 0.4) is 0 Å². The summed E-state index contributed by atoms with van der Waals surface area (Å²) >= 11 is 3.34. The van der Waals surface area contributed by atoms with E-state index in [4.69, 9.17) is 0 Å². The molecular formula is C9H12BrN3. The Morgan fingerprint density at radius 3 is 2.77 bits per heavy atom. The predicted molar refractivity (Wildman–Crippen MR) is 58.4 cm³/mol. The Balaban J connectivity index is 2.69. The number of hydrogen-bond donors (Lipinski definition) is 1. The highest BCUT2D eigenvalue weighted by molar-refractivity contribution is 9.10. The average Bonchev–Trinajstić information content (AvgIpc) is 2.04. The summed E-state index contributed by atoms with van der Waals surface area (Å²) in [5.74, 6) is 0.833. The first-order valence-electron chi connectivity index (χ1n) is 3.83. The number of nitrogens with one attached hydrogen (secondary N) is 1. The van der Waals surface area contributed by atoms with Crippen molar-refractivity contribution < 1.29 is 0 Å². The lowest BCUT2D eigenvalue weighted by atomic mass is 10.4. The van der Waals surface area contributed by atoms with E-state index < -0.39 is 0 Å². The van der Waals surface area contributed by atoms with Gasteiger partial charge in [-0.05, 0) is 22.0 Å². The van der Waals surface area contributed by atoms with Crippen molar-refractivity contribution in [2.45, 2.75) is 0 Å². The largest absolute Gasteiger partial charge is 0.365 e. The third-order valence-corrected chi connectivity index (χ3v) is 1.97. The average molecular weight is 242 g/mol. The van der Waals surface area contributed by atoms with Gasteiger partial charge >= 0.3 is 0 Å². The molecule has 0 spiro atoms. The third kappa shape index (κ3) is 3.06. The Hall–Kier alpha value is -1.03. The van der Waals surface area contributed by atoms with Gasteiger partial charge in [-0.15, -0.1) is 0 Å². The van der Waals surface area contributed by atoms with E-state index in [-0.39, 0.29) is 0 Å². The zero-order valence-electron chi connectivity index (χ0n) is 7.71. The number of aromatic nitrogens is 1. The lowest BCUT2D eigenvalue weighted by Crippen LogP contribution is -2.16. The van der Waals surface area contributed by atoms with Crippen LogP contribution < -0.4 is 5.32 Å². The second-order valence-electron chi connectivity index (χ2n) is 2.86. The van der Waals surface area contributed by atoms with Crippen LogP contribution in [-0.2, 0) is 0 Å². The standard InChI is InChI=1S/C9H12BrN3/c1-7(13(2)3)12-9-4-8(10)5-11-6-9/h4-6,12H,1H2,2-3H3. The second kappa shape index (κ2) is 4.28. The van der Waals surface area contributed by atoms with Gasteiger partial charge in [-0.25, -0.2) is 0 Å². The topological polar surface area (TPSA) is 28.2 Å². The molecule has 0 fully saturated rings. The van der Waals surface area contributed by atoms with Gasteiger partial charge in [-0.1, -0.05) is 6.58 Å². The van der Waals surface area contributed by atoms with E-state index in [9.17, 15) is 0 Å². The summed E-state index contributed by atoms with van der Waals surface area (Å²) < 4.78 is 0.948. The molecule has 0 aromatic carbocycles. The molecule has 1 N–H and O–H groups in total. The van der Waals surface area contributed by atoms with Crippen molar-refractivity contribution >= 4 is 21.6 Å². The molecule has 0 amide bonds. The second-order valence-corrected chi connectivity index (χ2v) is 3.77. The van der Waals surface area contributed by atoms with Gasteiger partial charge in [0.2, 0.25) is 0 Å². The van der Waals surface area contributed by atoms with Gasteiger partial charge in [0.1, 0.15) is 0 Å². The van der Waals surface area contributed by atoms with E-state index in [0.717, 1.165) is 16.0 Å². The van der Waals surface area contributed by atoms with Crippen LogP contribution in [0.5, 0.6) is 0 Å². The maximum atomic E-state index is 4.03. The van der Waals surface area contributed by atoms with E-state index >= 15 is 0 Å². The molecule has 1 heterocycles. The van der Waals surface area contributed by atoms with E-state index in [1.54, 1.807) is 12.4 Å². The summed E-state index contributed by atoms with van der Waals surface area (Å²) in [7, 11) is 3.86. The van der Waals surface area contributed by atoms with Crippen molar-refractivity contribution in [1.29, 1.82) is 0 Å². The predicted octanol–water partition coefficient (Wildman–Crippen LogP) is 2.29. The maximum absolute atomic E-state index is 4.03. The highest BCUT2D eigenvalue weighted by Crippen LogP contribution is 2.15. The first-order chi connectivity index (χ1) is 6.09. The molecule has 3 nitrogen and oxygen atoms in total. The highest BCUT2D eigenvalue weighted by atomic mass is 79.9. The zero-order chi connectivity index (χ0) is 9.84. The Morgan fingerprint density at radius 1 is 1.54 bits per heavy atom. The highest BCUT2D eigenvalue weighted by Gasteiger charge is 1.97. The first kappa shape index (κ1) is 10.1. The fourth-order valence-electron chi connectivity index (χ4n) is 0.759. The molecule has 4 heteroatoms. The van der Waals surface area contributed by atoms with Crippen molar-refractivity contribution in [1.82, 2.24) is 9.88 Å². The normalized spacial score (nSPS) is 9.46. The van der Waals surface area contributed by atoms with Crippen LogP contribution in [0.4, 0.5) is 5.69 Å². The van der Waals surface area contributed by atoms with E-state index in [1.165, 1.54) is 0 Å². The Kier molecular flexibility index (Phi) is 3.31. The molecule has 1 rings (SSSR count). The minimum atomic E-state index is 0.833. The maximum Gasteiger partial charge on any atom is 0.0978 e. The molecule has 1 aromatic rings. The summed E-state index contributed by atoms with van der Waals surface area (Å²) in [6, 6.07) is 1.95. The van der Waals surface area contributed by atoms with Gasteiger partial charge < -0.3 is 10.2 Å². The van der Waals surface area contributed by atoms with Crippen molar-refractivity contribution in [3.63, 3.8) is 0 Å². The third-order valence-electron chi connectivity index (χ3n) is 1.53. The van der Waals surface area contributed by atoms with Gasteiger partial charge in [-0.3, -0.25) is 4.98 Å². The van der Waals surface area contributed by atoms with E-state index in [1.807, 2.05) is 25.1 Å². The Morgan fingerprint density at radius 2 is 2.23 bits per heavy atom. The van der Waals surface area contributed by atoms with E-state index in [2.05, 4.69) is 32.8 Å². The van der Waals surface area contributed by atoms with E-state index in [0.29, 0.717) is 0 Å². The molecule has 1 aromatic heterocycles. The van der Waals surface area contributed by atoms with Gasteiger partial charge in [0.25, 0.3) is 0 Å². The van der Waals surface area contributed by atoms with Crippen molar-refractivity contribution in [3.8, 4) is 0 Å². The molecule has 70 valence electrons. The lowest BCUT2D eigenvalue weighted by molar-refractivity contribution is 0.521. The Bertz CT molecular complexity index is 309. The van der Waals surface area contributed by atoms with Crippen LogP contribution in [0, 0.1) is 0 Å². The lowest BCUT2D eigenvalue weighted by Gasteiger charge is -2.17. The minimum Gasteiger partial charge on any atom is -0.365 e. The SMILES string of the molecule is C=C(Nc1cncc(Br)c1)N(C)C. The summed E-state index contributed by atoms with van der Waals surface area (Å²) in [6.07, 6.45) is 3.49. The molecular weight excluding hydrogens is 230 g/mol. The van der Waals surface area contributed by atoms with Crippen LogP contribution in [0.2, 0.25) is 0 Å². The molecule has 13 heavy (non-hydrogen) atoms. The number of nitrogens with zero attached hydrogens (tertiary/aromatic N) is 2. The minimum absolute atomic E-state index is 0.833. The van der Waals surface area contributed by atoms with Crippen LogP contribution in [0.1, 0.15) is 0 Å². The molecule has 0 aliphatic heterocycles. The fraction of sp³-hybridized carbons (Fsp3) is 0.222. The van der Waals surface area contributed by atoms with Gasteiger partial charge in [0.05, 0.1) is 17.7 Å². The van der Waals surface area contributed by atoms with Crippen molar-refractivity contribution in [3.05, 3.63) is 35.3 Å². The van der Waals surface area contributed by atoms with Gasteiger partial charge in [0.15, 0.2) is 0 Å².